The van der Waals surface area contributed by atoms with Crippen molar-refractivity contribution in [3.05, 3.63) is 30.2 Å². The summed E-state index contributed by atoms with van der Waals surface area (Å²) in [5.74, 6) is 2.63. The molecule has 2 fully saturated rings. The molecule has 1 aromatic rings. The van der Waals surface area contributed by atoms with Crippen molar-refractivity contribution in [3.8, 4) is 11.5 Å². The van der Waals surface area contributed by atoms with E-state index in [9.17, 15) is 0 Å². The molecule has 0 bridgehead atoms. The zero-order valence-electron chi connectivity index (χ0n) is 12.6. The number of benzene rings is 1. The van der Waals surface area contributed by atoms with Gasteiger partial charge in [-0.05, 0) is 74.1 Å². The van der Waals surface area contributed by atoms with Crippen LogP contribution in [0.4, 0.5) is 0 Å². The summed E-state index contributed by atoms with van der Waals surface area (Å²) in [4.78, 5) is 0. The second kappa shape index (κ2) is 5.53. The number of aryl methyl sites for hydroxylation is 1. The number of nitrogens with one attached hydrogen (secondary N) is 1. The molecule has 4 rings (SSSR count). The third kappa shape index (κ3) is 2.52. The topological polar surface area (TPSA) is 30.5 Å². The lowest BCUT2D eigenvalue weighted by molar-refractivity contribution is 0.174. The Labute approximate surface area is 127 Å². The average Bonchev–Trinajstić information content (AvgIpc) is 3.24. The van der Waals surface area contributed by atoms with E-state index in [1.165, 1.54) is 50.8 Å². The van der Waals surface area contributed by atoms with Crippen LogP contribution in [0, 0.1) is 17.8 Å². The van der Waals surface area contributed by atoms with Crippen LogP contribution < -0.4 is 14.8 Å². The maximum Gasteiger partial charge on any atom is 0.231 e. The molecular weight excluding hydrogens is 262 g/mol. The van der Waals surface area contributed by atoms with Gasteiger partial charge in [0.2, 0.25) is 6.79 Å². The van der Waals surface area contributed by atoms with Gasteiger partial charge >= 0.3 is 0 Å². The molecule has 0 unspecified atom stereocenters. The van der Waals surface area contributed by atoms with Gasteiger partial charge in [0.1, 0.15) is 0 Å². The molecule has 2 atom stereocenters. The fraction of sp³-hybridized carbons (Fsp3) is 0.611. The molecule has 0 amide bonds. The van der Waals surface area contributed by atoms with Crippen molar-refractivity contribution in [1.29, 1.82) is 0 Å². The minimum absolute atomic E-state index is 0.365. The molecular formula is C18H24NO2. The minimum atomic E-state index is 0.365. The van der Waals surface area contributed by atoms with Crippen LogP contribution in [0.1, 0.15) is 37.7 Å². The van der Waals surface area contributed by atoms with Gasteiger partial charge in [0, 0.05) is 6.54 Å². The van der Waals surface area contributed by atoms with Crippen molar-refractivity contribution in [2.75, 3.05) is 19.9 Å². The summed E-state index contributed by atoms with van der Waals surface area (Å²) in [5, 5.41) is 3.60. The highest BCUT2D eigenvalue weighted by Gasteiger charge is 2.41. The zero-order valence-corrected chi connectivity index (χ0v) is 12.6. The molecule has 0 spiro atoms. The summed E-state index contributed by atoms with van der Waals surface area (Å²) in [7, 11) is 0. The van der Waals surface area contributed by atoms with Gasteiger partial charge < -0.3 is 14.8 Å². The summed E-state index contributed by atoms with van der Waals surface area (Å²) in [6, 6.07) is 6.41. The van der Waals surface area contributed by atoms with Gasteiger partial charge in [0.05, 0.1) is 0 Å². The van der Waals surface area contributed by atoms with Gasteiger partial charge in [0.25, 0.3) is 0 Å². The first kappa shape index (κ1) is 13.4. The van der Waals surface area contributed by atoms with Gasteiger partial charge in [-0.3, -0.25) is 0 Å². The minimum Gasteiger partial charge on any atom is -0.454 e. The summed E-state index contributed by atoms with van der Waals surface area (Å²) in [6.07, 6.45) is 10.4. The number of hydrogen-bond acceptors (Lipinski definition) is 3. The van der Waals surface area contributed by atoms with Crippen LogP contribution in [0.3, 0.4) is 0 Å². The van der Waals surface area contributed by atoms with E-state index >= 15 is 0 Å². The standard InChI is InChI=1S/C18H24NO2/c1-2-4-15(3-1)18(9-10-19-12-18)8-7-14-5-6-16-17(11-14)21-13-20-16/h3,5-6,11,15,19H,1-2,4,7-10,12-13H2/t15-,18-/m1/s1. The van der Waals surface area contributed by atoms with Gasteiger partial charge in [-0.2, -0.15) is 0 Å². The van der Waals surface area contributed by atoms with Gasteiger partial charge in [0.15, 0.2) is 11.5 Å². The smallest absolute Gasteiger partial charge is 0.231 e. The van der Waals surface area contributed by atoms with Crippen LogP contribution in [0.2, 0.25) is 0 Å². The molecule has 2 heterocycles. The summed E-state index contributed by atoms with van der Waals surface area (Å²) >= 11 is 0. The number of rotatable bonds is 4. The Hall–Kier alpha value is -1.22. The first-order valence-corrected chi connectivity index (χ1v) is 8.28. The van der Waals surface area contributed by atoms with Crippen molar-refractivity contribution >= 4 is 0 Å². The highest BCUT2D eigenvalue weighted by atomic mass is 16.7. The predicted molar refractivity (Wildman–Crippen MR) is 82.4 cm³/mol. The second-order valence-corrected chi connectivity index (χ2v) is 6.75. The van der Waals surface area contributed by atoms with Crippen molar-refractivity contribution in [1.82, 2.24) is 5.32 Å². The van der Waals surface area contributed by atoms with E-state index in [2.05, 4.69) is 29.9 Å². The quantitative estimate of drug-likeness (QED) is 0.921. The fourth-order valence-corrected chi connectivity index (χ4v) is 4.30. The Morgan fingerprint density at radius 1 is 1.24 bits per heavy atom. The van der Waals surface area contributed by atoms with Gasteiger partial charge in [-0.1, -0.05) is 12.5 Å². The monoisotopic (exact) mass is 286 g/mol. The third-order valence-corrected chi connectivity index (χ3v) is 5.58. The van der Waals surface area contributed by atoms with Crippen molar-refractivity contribution < 1.29 is 9.47 Å². The summed E-state index contributed by atoms with van der Waals surface area (Å²) in [6.45, 7) is 2.74. The molecule has 3 nitrogen and oxygen atoms in total. The molecule has 3 heteroatoms. The molecule has 1 aliphatic carbocycles. The van der Waals surface area contributed by atoms with E-state index in [0.717, 1.165) is 23.8 Å². The van der Waals surface area contributed by atoms with Crippen LogP contribution in [-0.4, -0.2) is 19.9 Å². The number of hydrogen-bond donors (Lipinski definition) is 1. The molecule has 0 aromatic heterocycles. The van der Waals surface area contributed by atoms with E-state index in [1.54, 1.807) is 0 Å². The largest absolute Gasteiger partial charge is 0.454 e. The van der Waals surface area contributed by atoms with Gasteiger partial charge in [-0.15, -0.1) is 0 Å². The van der Waals surface area contributed by atoms with Crippen molar-refractivity contribution in [2.24, 2.45) is 11.3 Å². The van der Waals surface area contributed by atoms with Crippen LogP contribution in [0.5, 0.6) is 11.5 Å². The molecule has 1 N–H and O–H groups in total. The lowest BCUT2D eigenvalue weighted by Crippen LogP contribution is -2.32. The van der Waals surface area contributed by atoms with E-state index in [1.807, 2.05) is 0 Å². The van der Waals surface area contributed by atoms with E-state index in [-0.39, 0.29) is 0 Å². The van der Waals surface area contributed by atoms with E-state index in [0.29, 0.717) is 12.2 Å². The van der Waals surface area contributed by atoms with E-state index < -0.39 is 0 Å². The van der Waals surface area contributed by atoms with Crippen LogP contribution in [0.25, 0.3) is 0 Å². The molecule has 21 heavy (non-hydrogen) atoms. The lowest BCUT2D eigenvalue weighted by atomic mass is 9.70. The first-order chi connectivity index (χ1) is 10.4. The molecule has 1 saturated heterocycles. The summed E-state index contributed by atoms with van der Waals surface area (Å²) < 4.78 is 10.9. The lowest BCUT2D eigenvalue weighted by Gasteiger charge is -2.35. The molecule has 1 aromatic carbocycles. The molecule has 2 aliphatic heterocycles. The maximum atomic E-state index is 5.50. The van der Waals surface area contributed by atoms with Crippen LogP contribution in [-0.2, 0) is 6.42 Å². The molecule has 1 saturated carbocycles. The van der Waals surface area contributed by atoms with Gasteiger partial charge in [-0.25, -0.2) is 0 Å². The maximum absolute atomic E-state index is 5.50. The Kier molecular flexibility index (Phi) is 3.54. The highest BCUT2D eigenvalue weighted by Crippen LogP contribution is 2.46. The number of ether oxygens (including phenoxy) is 2. The van der Waals surface area contributed by atoms with Crippen molar-refractivity contribution in [2.45, 2.75) is 38.5 Å². The molecule has 113 valence electrons. The molecule has 1 radical (unpaired) electrons. The average molecular weight is 286 g/mol. The Morgan fingerprint density at radius 2 is 2.19 bits per heavy atom. The van der Waals surface area contributed by atoms with Crippen LogP contribution in [0.15, 0.2) is 18.2 Å². The highest BCUT2D eigenvalue weighted by molar-refractivity contribution is 5.44. The third-order valence-electron chi connectivity index (χ3n) is 5.58. The van der Waals surface area contributed by atoms with Crippen molar-refractivity contribution in [3.63, 3.8) is 0 Å². The number of fused-ring (bicyclic) bond motifs is 1. The second-order valence-electron chi connectivity index (χ2n) is 6.75. The Bertz CT molecular complexity index is 502. The zero-order chi connectivity index (χ0) is 14.1. The predicted octanol–water partition coefficient (Wildman–Crippen LogP) is 3.33. The SMILES string of the molecule is [CH]1CCC[C@@H]1[C@]1(CCc2ccc3c(c2)OCO3)CCNC1. The van der Waals surface area contributed by atoms with E-state index in [4.69, 9.17) is 9.47 Å². The first-order valence-electron chi connectivity index (χ1n) is 8.28. The Morgan fingerprint density at radius 3 is 3.00 bits per heavy atom. The Balaban J connectivity index is 1.46. The molecule has 3 aliphatic rings. The fourth-order valence-electron chi connectivity index (χ4n) is 4.30. The van der Waals surface area contributed by atoms with Crippen LogP contribution >= 0.6 is 0 Å². The normalized spacial score (nSPS) is 28.4. The summed E-state index contributed by atoms with van der Waals surface area (Å²) in [5.41, 5.74) is 1.87.